The minimum absolute atomic E-state index is 0.299. The van der Waals surface area contributed by atoms with Crippen LogP contribution in [-0.2, 0) is 9.84 Å². The van der Waals surface area contributed by atoms with E-state index in [1.165, 1.54) is 17.5 Å². The summed E-state index contributed by atoms with van der Waals surface area (Å²) in [6.07, 6.45) is 2.73. The Morgan fingerprint density at radius 3 is 2.41 bits per heavy atom. The fourth-order valence-corrected chi connectivity index (χ4v) is 3.83. The van der Waals surface area contributed by atoms with E-state index < -0.39 is 9.84 Å². The molecule has 114 valence electrons. The number of rotatable bonds is 3. The molecule has 0 aliphatic rings. The number of anilines is 2. The molecule has 0 bridgehead atoms. The zero-order chi connectivity index (χ0) is 15.9. The van der Waals surface area contributed by atoms with Crippen LogP contribution in [0.5, 0.6) is 0 Å². The van der Waals surface area contributed by atoms with Gasteiger partial charge in [-0.3, -0.25) is 0 Å². The third kappa shape index (κ3) is 2.69. The summed E-state index contributed by atoms with van der Waals surface area (Å²) >= 11 is 1.64. The summed E-state index contributed by atoms with van der Waals surface area (Å²) in [5.41, 5.74) is 1.95. The van der Waals surface area contributed by atoms with Crippen molar-refractivity contribution in [2.45, 2.75) is 18.7 Å². The van der Waals surface area contributed by atoms with E-state index in [0.29, 0.717) is 4.90 Å². The van der Waals surface area contributed by atoms with Gasteiger partial charge in [0.15, 0.2) is 9.84 Å². The van der Waals surface area contributed by atoms with E-state index in [4.69, 9.17) is 0 Å². The van der Waals surface area contributed by atoms with Crippen molar-refractivity contribution in [1.82, 2.24) is 9.97 Å². The highest BCUT2D eigenvalue weighted by Crippen LogP contribution is 2.33. The van der Waals surface area contributed by atoms with Crippen LogP contribution in [-0.4, -0.2) is 24.6 Å². The van der Waals surface area contributed by atoms with E-state index in [-0.39, 0.29) is 0 Å². The number of hydrogen-bond donors (Lipinski definition) is 1. The van der Waals surface area contributed by atoms with Gasteiger partial charge in [0.1, 0.15) is 17.0 Å². The standard InChI is InChI=1S/C15H15N3O2S2/c1-9-10(2)21-15-13(9)14(16-8-17-15)18-11-4-6-12(7-5-11)22(3,19)20/h4-8H,1-3H3,(H,16,17,18). The van der Waals surface area contributed by atoms with Crippen LogP contribution in [0.2, 0.25) is 0 Å². The first-order chi connectivity index (χ1) is 10.4. The monoisotopic (exact) mass is 333 g/mol. The highest BCUT2D eigenvalue weighted by Gasteiger charge is 2.12. The topological polar surface area (TPSA) is 72.0 Å². The summed E-state index contributed by atoms with van der Waals surface area (Å²) in [5.74, 6) is 0.735. The van der Waals surface area contributed by atoms with Gasteiger partial charge >= 0.3 is 0 Å². The van der Waals surface area contributed by atoms with Crippen molar-refractivity contribution in [3.63, 3.8) is 0 Å². The molecule has 3 aromatic rings. The van der Waals surface area contributed by atoms with E-state index in [1.807, 2.05) is 0 Å². The molecule has 22 heavy (non-hydrogen) atoms. The number of hydrogen-bond acceptors (Lipinski definition) is 6. The highest BCUT2D eigenvalue weighted by molar-refractivity contribution is 7.90. The van der Waals surface area contributed by atoms with Crippen molar-refractivity contribution in [3.05, 3.63) is 41.0 Å². The first kappa shape index (κ1) is 14.9. The second-order valence-electron chi connectivity index (χ2n) is 5.11. The second-order valence-corrected chi connectivity index (χ2v) is 8.33. The molecule has 0 saturated carbocycles. The van der Waals surface area contributed by atoms with Gasteiger partial charge in [0.05, 0.1) is 10.3 Å². The molecule has 0 spiro atoms. The molecule has 0 fully saturated rings. The van der Waals surface area contributed by atoms with Gasteiger partial charge in [-0.15, -0.1) is 11.3 Å². The number of nitrogens with zero attached hydrogens (tertiary/aromatic N) is 2. The molecule has 1 N–H and O–H groups in total. The lowest BCUT2D eigenvalue weighted by atomic mass is 10.2. The zero-order valence-corrected chi connectivity index (χ0v) is 14.0. The summed E-state index contributed by atoms with van der Waals surface area (Å²) in [6.45, 7) is 4.11. The van der Waals surface area contributed by atoms with Crippen LogP contribution >= 0.6 is 11.3 Å². The van der Waals surface area contributed by atoms with Crippen LogP contribution in [0.3, 0.4) is 0 Å². The van der Waals surface area contributed by atoms with Gasteiger partial charge in [0.2, 0.25) is 0 Å². The largest absolute Gasteiger partial charge is 0.340 e. The predicted octanol–water partition coefficient (Wildman–Crippen LogP) is 3.46. The summed E-state index contributed by atoms with van der Waals surface area (Å²) in [4.78, 5) is 11.1. The molecule has 5 nitrogen and oxygen atoms in total. The van der Waals surface area contributed by atoms with Crippen molar-refractivity contribution in [1.29, 1.82) is 0 Å². The quantitative estimate of drug-likeness (QED) is 0.795. The third-order valence-electron chi connectivity index (χ3n) is 3.51. The van der Waals surface area contributed by atoms with Crippen molar-refractivity contribution >= 4 is 42.9 Å². The maximum absolute atomic E-state index is 11.5. The van der Waals surface area contributed by atoms with E-state index in [2.05, 4.69) is 29.1 Å². The van der Waals surface area contributed by atoms with Crippen LogP contribution < -0.4 is 5.32 Å². The maximum Gasteiger partial charge on any atom is 0.175 e. The fraction of sp³-hybridized carbons (Fsp3) is 0.200. The average molecular weight is 333 g/mol. The van der Waals surface area contributed by atoms with Gasteiger partial charge in [-0.2, -0.15) is 0 Å². The van der Waals surface area contributed by atoms with E-state index >= 15 is 0 Å². The number of benzene rings is 1. The Balaban J connectivity index is 2.00. The molecule has 2 heterocycles. The molecular formula is C15H15N3O2S2. The van der Waals surface area contributed by atoms with Crippen molar-refractivity contribution < 1.29 is 8.42 Å². The summed E-state index contributed by atoms with van der Waals surface area (Å²) in [7, 11) is -3.18. The minimum atomic E-state index is -3.18. The molecular weight excluding hydrogens is 318 g/mol. The van der Waals surface area contributed by atoms with Gasteiger partial charge in [-0.25, -0.2) is 18.4 Å². The molecule has 1 aromatic carbocycles. The highest BCUT2D eigenvalue weighted by atomic mass is 32.2. The van der Waals surface area contributed by atoms with E-state index in [9.17, 15) is 8.42 Å². The first-order valence-electron chi connectivity index (χ1n) is 6.64. The van der Waals surface area contributed by atoms with Crippen molar-refractivity contribution in [2.75, 3.05) is 11.6 Å². The normalized spacial score (nSPS) is 11.8. The van der Waals surface area contributed by atoms with Crippen LogP contribution in [0.4, 0.5) is 11.5 Å². The van der Waals surface area contributed by atoms with Crippen LogP contribution in [0.1, 0.15) is 10.4 Å². The van der Waals surface area contributed by atoms with E-state index in [0.717, 1.165) is 27.3 Å². The Kier molecular flexibility index (Phi) is 3.62. The lowest BCUT2D eigenvalue weighted by molar-refractivity contribution is 0.602. The van der Waals surface area contributed by atoms with Gasteiger partial charge in [-0.05, 0) is 43.7 Å². The molecule has 0 atom stereocenters. The Morgan fingerprint density at radius 2 is 1.77 bits per heavy atom. The minimum Gasteiger partial charge on any atom is -0.340 e. The van der Waals surface area contributed by atoms with Crippen molar-refractivity contribution in [3.8, 4) is 0 Å². The Labute approximate surface area is 133 Å². The lowest BCUT2D eigenvalue weighted by Crippen LogP contribution is -1.98. The lowest BCUT2D eigenvalue weighted by Gasteiger charge is -2.08. The van der Waals surface area contributed by atoms with Gasteiger partial charge < -0.3 is 5.32 Å². The molecule has 0 saturated heterocycles. The molecule has 2 aromatic heterocycles. The summed E-state index contributed by atoms with van der Waals surface area (Å²) < 4.78 is 23.0. The number of aromatic nitrogens is 2. The molecule has 7 heteroatoms. The molecule has 0 aliphatic carbocycles. The number of fused-ring (bicyclic) bond motifs is 1. The Morgan fingerprint density at radius 1 is 1.09 bits per heavy atom. The SMILES string of the molecule is Cc1sc2ncnc(Nc3ccc(S(C)(=O)=O)cc3)c2c1C. The van der Waals surface area contributed by atoms with Crippen LogP contribution in [0.25, 0.3) is 10.2 Å². The first-order valence-corrected chi connectivity index (χ1v) is 9.35. The molecule has 0 unspecified atom stereocenters. The molecule has 0 amide bonds. The Hall–Kier alpha value is -1.99. The zero-order valence-electron chi connectivity index (χ0n) is 12.4. The van der Waals surface area contributed by atoms with Crippen molar-refractivity contribution in [2.24, 2.45) is 0 Å². The number of nitrogens with one attached hydrogen (secondary N) is 1. The maximum atomic E-state index is 11.5. The van der Waals surface area contributed by atoms with Crippen LogP contribution in [0.15, 0.2) is 35.5 Å². The predicted molar refractivity (Wildman–Crippen MR) is 89.7 cm³/mol. The number of thiophene rings is 1. The van der Waals surface area contributed by atoms with Gasteiger partial charge in [-0.1, -0.05) is 0 Å². The van der Waals surface area contributed by atoms with Crippen LogP contribution in [0, 0.1) is 13.8 Å². The average Bonchev–Trinajstić information content (AvgIpc) is 2.75. The fourth-order valence-electron chi connectivity index (χ4n) is 2.20. The smallest absolute Gasteiger partial charge is 0.175 e. The third-order valence-corrected chi connectivity index (χ3v) is 5.75. The second kappa shape index (κ2) is 5.33. The van der Waals surface area contributed by atoms with E-state index in [1.54, 1.807) is 35.6 Å². The van der Waals surface area contributed by atoms with Gasteiger partial charge in [0.25, 0.3) is 0 Å². The Bertz CT molecular complexity index is 945. The summed E-state index contributed by atoms with van der Waals surface area (Å²) in [5, 5.41) is 4.25. The molecule has 0 aliphatic heterocycles. The molecule has 3 rings (SSSR count). The number of sulfone groups is 1. The number of aryl methyl sites for hydroxylation is 2. The summed E-state index contributed by atoms with van der Waals surface area (Å²) in [6, 6.07) is 6.64. The molecule has 0 radical (unpaired) electrons. The van der Waals surface area contributed by atoms with Gasteiger partial charge in [0, 0.05) is 16.8 Å².